The number of carbonyl (C=O) groups excluding carboxylic acids is 2. The maximum atomic E-state index is 12.3. The number of thioether (sulfide) groups is 1. The summed E-state index contributed by atoms with van der Waals surface area (Å²) in [5, 5.41) is 3.58. The van der Waals surface area contributed by atoms with Crippen LogP contribution in [0.5, 0.6) is 0 Å². The van der Waals surface area contributed by atoms with Gasteiger partial charge >= 0.3 is 0 Å². The molecule has 3 aliphatic rings. The number of halogens is 1. The molecule has 8 heteroatoms. The van der Waals surface area contributed by atoms with Crippen molar-refractivity contribution in [2.75, 3.05) is 50.9 Å². The van der Waals surface area contributed by atoms with Gasteiger partial charge in [0.1, 0.15) is 0 Å². The summed E-state index contributed by atoms with van der Waals surface area (Å²) in [7, 11) is 0. The van der Waals surface area contributed by atoms with E-state index >= 15 is 0 Å². The quantitative estimate of drug-likeness (QED) is 0.781. The summed E-state index contributed by atoms with van der Waals surface area (Å²) in [6.07, 6.45) is 3.48. The fraction of sp³-hybridized carbons (Fsp3) is 0.867. The van der Waals surface area contributed by atoms with Crippen LogP contribution < -0.4 is 5.32 Å². The number of fused-ring (bicyclic) bond motifs is 2. The monoisotopic (exact) mass is 363 g/mol. The number of ether oxygens (including phenoxy) is 1. The molecule has 3 fully saturated rings. The summed E-state index contributed by atoms with van der Waals surface area (Å²) in [4.78, 5) is 28.2. The second-order valence-corrected chi connectivity index (χ2v) is 7.24. The number of hydrogen-bond donors (Lipinski definition) is 1. The van der Waals surface area contributed by atoms with E-state index in [0.29, 0.717) is 49.9 Å². The van der Waals surface area contributed by atoms with E-state index in [1.165, 1.54) is 24.6 Å². The number of morpholine rings is 1. The molecule has 3 aliphatic heterocycles. The number of carbonyl (C=O) groups is 2. The molecule has 0 aromatic rings. The van der Waals surface area contributed by atoms with Gasteiger partial charge in [0, 0.05) is 38.3 Å². The molecule has 0 radical (unpaired) electrons. The van der Waals surface area contributed by atoms with Crippen molar-refractivity contribution in [1.82, 2.24) is 15.1 Å². The minimum Gasteiger partial charge on any atom is -0.378 e. The average Bonchev–Trinajstić information content (AvgIpc) is 2.87. The molecule has 3 rings (SSSR count). The Labute approximate surface area is 148 Å². The number of rotatable bonds is 4. The van der Waals surface area contributed by atoms with E-state index in [0.717, 1.165) is 19.5 Å². The lowest BCUT2D eigenvalue weighted by molar-refractivity contribution is -0.132. The second kappa shape index (κ2) is 9.11. The van der Waals surface area contributed by atoms with Crippen LogP contribution in [0.1, 0.15) is 19.3 Å². The topological polar surface area (TPSA) is 61.9 Å². The zero-order chi connectivity index (χ0) is 15.4. The van der Waals surface area contributed by atoms with Crippen LogP contribution >= 0.6 is 24.2 Å². The van der Waals surface area contributed by atoms with Crippen molar-refractivity contribution in [1.29, 1.82) is 0 Å². The molecule has 2 unspecified atom stereocenters. The molecular weight excluding hydrogens is 338 g/mol. The zero-order valence-electron chi connectivity index (χ0n) is 13.4. The van der Waals surface area contributed by atoms with Crippen molar-refractivity contribution in [3.8, 4) is 0 Å². The minimum atomic E-state index is 0. The number of likely N-dealkylation sites (tertiary alicyclic amines) is 1. The predicted molar refractivity (Wildman–Crippen MR) is 93.1 cm³/mol. The largest absolute Gasteiger partial charge is 0.378 e. The van der Waals surface area contributed by atoms with E-state index in [4.69, 9.17) is 4.74 Å². The molecule has 0 aromatic heterocycles. The van der Waals surface area contributed by atoms with Gasteiger partial charge < -0.3 is 19.9 Å². The molecule has 0 spiro atoms. The van der Waals surface area contributed by atoms with Gasteiger partial charge in [0.25, 0.3) is 0 Å². The van der Waals surface area contributed by atoms with E-state index in [9.17, 15) is 9.59 Å². The van der Waals surface area contributed by atoms with E-state index in [1.807, 2.05) is 9.80 Å². The highest BCUT2D eigenvalue weighted by molar-refractivity contribution is 8.00. The Hall–Kier alpha value is -0.500. The van der Waals surface area contributed by atoms with E-state index < -0.39 is 0 Å². The standard InChI is InChI=1S/C15H25N3O3S.ClH/c19-14(17-5-7-21-8-6-17)10-22-11-15(20)18-4-3-12-1-2-13(9-18)16-12;/h12-13,16H,1-11H2;1H. The summed E-state index contributed by atoms with van der Waals surface area (Å²) in [5.41, 5.74) is 0. The third-order valence-corrected chi connectivity index (χ3v) is 5.59. The van der Waals surface area contributed by atoms with Crippen LogP contribution in [0.3, 0.4) is 0 Å². The Bertz CT molecular complexity index is 421. The van der Waals surface area contributed by atoms with E-state index in [2.05, 4.69) is 5.32 Å². The molecule has 0 aromatic carbocycles. The van der Waals surface area contributed by atoms with Crippen molar-refractivity contribution in [2.45, 2.75) is 31.3 Å². The van der Waals surface area contributed by atoms with Gasteiger partial charge in [-0.15, -0.1) is 24.2 Å². The molecule has 3 saturated heterocycles. The van der Waals surface area contributed by atoms with Crippen LogP contribution in [0.15, 0.2) is 0 Å². The SMILES string of the molecule is Cl.O=C(CSCC(=O)N1CCC2CCC(C1)N2)N1CCOCC1. The molecule has 2 bridgehead atoms. The molecule has 23 heavy (non-hydrogen) atoms. The first-order valence-corrected chi connectivity index (χ1v) is 9.35. The second-order valence-electron chi connectivity index (χ2n) is 6.25. The molecule has 3 heterocycles. The van der Waals surface area contributed by atoms with E-state index in [-0.39, 0.29) is 24.2 Å². The number of amides is 2. The van der Waals surface area contributed by atoms with Crippen molar-refractivity contribution in [3.63, 3.8) is 0 Å². The van der Waals surface area contributed by atoms with Crippen molar-refractivity contribution < 1.29 is 14.3 Å². The molecule has 2 atom stereocenters. The lowest BCUT2D eigenvalue weighted by Crippen LogP contribution is -2.42. The molecule has 6 nitrogen and oxygen atoms in total. The summed E-state index contributed by atoms with van der Waals surface area (Å²) in [6.45, 7) is 4.28. The Balaban J connectivity index is 0.00000192. The van der Waals surface area contributed by atoms with Crippen LogP contribution in [0, 0.1) is 0 Å². The highest BCUT2D eigenvalue weighted by atomic mass is 35.5. The molecule has 2 amide bonds. The number of hydrogen-bond acceptors (Lipinski definition) is 5. The Morgan fingerprint density at radius 3 is 2.35 bits per heavy atom. The smallest absolute Gasteiger partial charge is 0.232 e. The fourth-order valence-electron chi connectivity index (χ4n) is 3.39. The summed E-state index contributed by atoms with van der Waals surface area (Å²) in [5.74, 6) is 1.10. The summed E-state index contributed by atoms with van der Waals surface area (Å²) < 4.78 is 5.24. The Morgan fingerprint density at radius 2 is 1.61 bits per heavy atom. The molecule has 0 aliphatic carbocycles. The predicted octanol–water partition coefficient (Wildman–Crippen LogP) is 0.353. The lowest BCUT2D eigenvalue weighted by atomic mass is 10.1. The van der Waals surface area contributed by atoms with Gasteiger partial charge in [-0.3, -0.25) is 9.59 Å². The van der Waals surface area contributed by atoms with Crippen molar-refractivity contribution in [3.05, 3.63) is 0 Å². The Kier molecular flexibility index (Phi) is 7.46. The van der Waals surface area contributed by atoms with Crippen molar-refractivity contribution in [2.24, 2.45) is 0 Å². The van der Waals surface area contributed by atoms with Crippen LogP contribution in [0.25, 0.3) is 0 Å². The third-order valence-electron chi connectivity index (χ3n) is 4.69. The molecule has 1 N–H and O–H groups in total. The normalized spacial score (nSPS) is 27.3. The van der Waals surface area contributed by atoms with Crippen LogP contribution in [0.4, 0.5) is 0 Å². The minimum absolute atomic E-state index is 0. The van der Waals surface area contributed by atoms with Crippen LogP contribution in [-0.2, 0) is 14.3 Å². The Morgan fingerprint density at radius 1 is 0.957 bits per heavy atom. The van der Waals surface area contributed by atoms with Gasteiger partial charge in [0.05, 0.1) is 24.7 Å². The van der Waals surface area contributed by atoms with Gasteiger partial charge in [-0.25, -0.2) is 0 Å². The van der Waals surface area contributed by atoms with E-state index in [1.54, 1.807) is 0 Å². The highest BCUT2D eigenvalue weighted by Crippen LogP contribution is 2.21. The third kappa shape index (κ3) is 5.24. The van der Waals surface area contributed by atoms with Gasteiger partial charge in [-0.1, -0.05) is 0 Å². The first-order valence-electron chi connectivity index (χ1n) is 8.19. The zero-order valence-corrected chi connectivity index (χ0v) is 15.0. The lowest BCUT2D eigenvalue weighted by Gasteiger charge is -2.27. The average molecular weight is 364 g/mol. The number of nitrogens with zero attached hydrogens (tertiary/aromatic N) is 2. The van der Waals surface area contributed by atoms with Gasteiger partial charge in [-0.2, -0.15) is 0 Å². The van der Waals surface area contributed by atoms with Gasteiger partial charge in [0.15, 0.2) is 0 Å². The maximum absolute atomic E-state index is 12.3. The molecule has 0 saturated carbocycles. The maximum Gasteiger partial charge on any atom is 0.232 e. The summed E-state index contributed by atoms with van der Waals surface area (Å²) >= 11 is 1.44. The molecular formula is C15H26ClN3O3S. The van der Waals surface area contributed by atoms with Gasteiger partial charge in [-0.05, 0) is 19.3 Å². The highest BCUT2D eigenvalue weighted by Gasteiger charge is 2.31. The first kappa shape index (κ1) is 18.8. The van der Waals surface area contributed by atoms with Crippen LogP contribution in [0.2, 0.25) is 0 Å². The van der Waals surface area contributed by atoms with Crippen molar-refractivity contribution >= 4 is 36.0 Å². The number of nitrogens with one attached hydrogen (secondary N) is 1. The summed E-state index contributed by atoms with van der Waals surface area (Å²) in [6, 6.07) is 1.06. The molecule has 132 valence electrons. The van der Waals surface area contributed by atoms with Crippen LogP contribution in [-0.4, -0.2) is 84.6 Å². The fourth-order valence-corrected chi connectivity index (χ4v) is 4.21. The first-order chi connectivity index (χ1) is 10.7. The van der Waals surface area contributed by atoms with Gasteiger partial charge in [0.2, 0.25) is 11.8 Å².